The third-order valence-electron chi connectivity index (χ3n) is 5.22. The normalized spacial score (nSPS) is 23.7. The van der Waals surface area contributed by atoms with Gasteiger partial charge in [0, 0.05) is 26.3 Å². The lowest BCUT2D eigenvalue weighted by atomic mass is 9.94. The number of likely N-dealkylation sites (tertiary alicyclic amines) is 2. The molecule has 0 saturated carbocycles. The minimum atomic E-state index is 0.324. The van der Waals surface area contributed by atoms with Crippen LogP contribution in [0, 0.1) is 5.92 Å². The van der Waals surface area contributed by atoms with E-state index in [4.69, 9.17) is 5.73 Å². The van der Waals surface area contributed by atoms with Gasteiger partial charge in [0.05, 0.1) is 18.1 Å². The molecule has 2 aliphatic heterocycles. The molecule has 0 bridgehead atoms. The fourth-order valence-electron chi connectivity index (χ4n) is 3.92. The largest absolute Gasteiger partial charge is 0.336 e. The van der Waals surface area contributed by atoms with Gasteiger partial charge in [0.2, 0.25) is 0 Å². The van der Waals surface area contributed by atoms with Crippen LogP contribution in [0.1, 0.15) is 37.4 Å². The molecule has 3 heterocycles. The van der Waals surface area contributed by atoms with Crippen molar-refractivity contribution < 1.29 is 0 Å². The number of aryl methyl sites for hydroxylation is 1. The van der Waals surface area contributed by atoms with Crippen molar-refractivity contribution in [3.05, 3.63) is 18.2 Å². The summed E-state index contributed by atoms with van der Waals surface area (Å²) in [4.78, 5) is 9.45. The highest BCUT2D eigenvalue weighted by molar-refractivity contribution is 5.06. The van der Waals surface area contributed by atoms with Gasteiger partial charge in [-0.2, -0.15) is 0 Å². The van der Waals surface area contributed by atoms with Gasteiger partial charge in [-0.25, -0.2) is 4.98 Å². The van der Waals surface area contributed by atoms with E-state index in [-0.39, 0.29) is 0 Å². The lowest BCUT2D eigenvalue weighted by Gasteiger charge is -2.38. The first-order valence-electron chi connectivity index (χ1n) is 8.40. The molecule has 2 N–H and O–H groups in total. The van der Waals surface area contributed by atoms with E-state index in [1.807, 2.05) is 12.5 Å². The second kappa shape index (κ2) is 6.90. The van der Waals surface area contributed by atoms with Crippen LogP contribution in [0.3, 0.4) is 0 Å². The monoisotopic (exact) mass is 291 g/mol. The molecule has 118 valence electrons. The summed E-state index contributed by atoms with van der Waals surface area (Å²) in [7, 11) is 2.06. The third kappa shape index (κ3) is 3.47. The van der Waals surface area contributed by atoms with Crippen LogP contribution in [0.4, 0.5) is 0 Å². The summed E-state index contributed by atoms with van der Waals surface area (Å²) < 4.78 is 2.11. The Morgan fingerprint density at radius 2 is 1.95 bits per heavy atom. The van der Waals surface area contributed by atoms with E-state index in [9.17, 15) is 0 Å². The van der Waals surface area contributed by atoms with Crippen molar-refractivity contribution in [2.24, 2.45) is 18.7 Å². The maximum Gasteiger partial charge on any atom is 0.0946 e. The van der Waals surface area contributed by atoms with Crippen molar-refractivity contribution >= 4 is 0 Å². The molecule has 0 aromatic carbocycles. The molecular weight excluding hydrogens is 262 g/mol. The van der Waals surface area contributed by atoms with Crippen molar-refractivity contribution in [1.29, 1.82) is 0 Å². The van der Waals surface area contributed by atoms with E-state index in [1.165, 1.54) is 64.1 Å². The number of piperidine rings is 1. The van der Waals surface area contributed by atoms with Crippen LogP contribution < -0.4 is 5.73 Å². The van der Waals surface area contributed by atoms with Crippen LogP contribution in [0.25, 0.3) is 0 Å². The maximum atomic E-state index is 6.04. The summed E-state index contributed by atoms with van der Waals surface area (Å²) >= 11 is 0. The fourth-order valence-corrected chi connectivity index (χ4v) is 3.92. The molecule has 0 radical (unpaired) electrons. The first-order chi connectivity index (χ1) is 10.3. The molecule has 3 rings (SSSR count). The molecular formula is C16H29N5. The lowest BCUT2D eigenvalue weighted by molar-refractivity contribution is 0.114. The summed E-state index contributed by atoms with van der Waals surface area (Å²) in [5, 5.41) is 0. The molecule has 2 fully saturated rings. The number of rotatable bonds is 5. The predicted octanol–water partition coefficient (Wildman–Crippen LogP) is 1.23. The summed E-state index contributed by atoms with van der Waals surface area (Å²) in [6.07, 6.45) is 9.25. The first kappa shape index (κ1) is 15.0. The van der Waals surface area contributed by atoms with E-state index in [2.05, 4.69) is 26.4 Å². The molecule has 1 unspecified atom stereocenters. The van der Waals surface area contributed by atoms with Crippen molar-refractivity contribution in [2.45, 2.75) is 31.7 Å². The smallest absolute Gasteiger partial charge is 0.0946 e. The number of aromatic nitrogens is 2. The van der Waals surface area contributed by atoms with Gasteiger partial charge in [-0.1, -0.05) is 0 Å². The molecule has 1 aromatic heterocycles. The van der Waals surface area contributed by atoms with Crippen molar-refractivity contribution in [3.8, 4) is 0 Å². The molecule has 0 spiro atoms. The molecule has 1 atom stereocenters. The Hall–Kier alpha value is -0.910. The van der Waals surface area contributed by atoms with E-state index < -0.39 is 0 Å². The molecule has 2 saturated heterocycles. The van der Waals surface area contributed by atoms with Crippen LogP contribution in [-0.4, -0.2) is 58.6 Å². The Kier molecular flexibility index (Phi) is 4.93. The van der Waals surface area contributed by atoms with Gasteiger partial charge >= 0.3 is 0 Å². The molecule has 21 heavy (non-hydrogen) atoms. The lowest BCUT2D eigenvalue weighted by Crippen LogP contribution is -2.42. The molecule has 5 heteroatoms. The topological polar surface area (TPSA) is 50.3 Å². The van der Waals surface area contributed by atoms with E-state index >= 15 is 0 Å². The number of hydrogen-bond acceptors (Lipinski definition) is 4. The summed E-state index contributed by atoms with van der Waals surface area (Å²) in [5.74, 6) is 0.879. The zero-order valence-electron chi connectivity index (χ0n) is 13.2. The Labute approximate surface area is 128 Å². The fraction of sp³-hybridized carbons (Fsp3) is 0.812. The molecule has 0 aliphatic carbocycles. The Balaban J connectivity index is 1.53. The number of imidazole rings is 1. The molecule has 1 aromatic rings. The summed E-state index contributed by atoms with van der Waals surface area (Å²) in [6, 6.07) is 0.324. The molecule has 0 amide bonds. The predicted molar refractivity (Wildman–Crippen MR) is 85.0 cm³/mol. The zero-order chi connectivity index (χ0) is 14.7. The van der Waals surface area contributed by atoms with Gasteiger partial charge in [0.1, 0.15) is 0 Å². The van der Waals surface area contributed by atoms with Gasteiger partial charge in [-0.15, -0.1) is 0 Å². The highest BCUT2D eigenvalue weighted by Crippen LogP contribution is 2.27. The highest BCUT2D eigenvalue weighted by atomic mass is 15.2. The first-order valence-corrected chi connectivity index (χ1v) is 8.40. The molecule has 5 nitrogen and oxygen atoms in total. The van der Waals surface area contributed by atoms with Crippen LogP contribution in [0.5, 0.6) is 0 Å². The number of nitrogens with zero attached hydrogens (tertiary/aromatic N) is 4. The third-order valence-corrected chi connectivity index (χ3v) is 5.22. The van der Waals surface area contributed by atoms with Gasteiger partial charge in [-0.05, 0) is 57.8 Å². The van der Waals surface area contributed by atoms with Crippen molar-refractivity contribution in [1.82, 2.24) is 19.4 Å². The standard InChI is InChI=1S/C16H29N5/c1-19-13-18-11-16(19)15(10-17)21-8-4-14(5-9-21)12-20-6-2-3-7-20/h11,13-15H,2-10,12,17H2,1H3. The van der Waals surface area contributed by atoms with Crippen LogP contribution >= 0.6 is 0 Å². The van der Waals surface area contributed by atoms with E-state index in [0.29, 0.717) is 12.6 Å². The van der Waals surface area contributed by atoms with Gasteiger partial charge in [0.15, 0.2) is 0 Å². The van der Waals surface area contributed by atoms with Crippen molar-refractivity contribution in [2.75, 3.05) is 39.3 Å². The van der Waals surface area contributed by atoms with E-state index in [1.54, 1.807) is 0 Å². The quantitative estimate of drug-likeness (QED) is 0.886. The van der Waals surface area contributed by atoms with Gasteiger partial charge < -0.3 is 15.2 Å². The average molecular weight is 291 g/mol. The molecule has 2 aliphatic rings. The Morgan fingerprint density at radius 1 is 1.24 bits per heavy atom. The van der Waals surface area contributed by atoms with Crippen LogP contribution in [-0.2, 0) is 7.05 Å². The summed E-state index contributed by atoms with van der Waals surface area (Å²) in [5.41, 5.74) is 7.29. The Bertz CT molecular complexity index is 430. The van der Waals surface area contributed by atoms with Crippen LogP contribution in [0.15, 0.2) is 12.5 Å². The second-order valence-electron chi connectivity index (χ2n) is 6.67. The van der Waals surface area contributed by atoms with E-state index in [0.717, 1.165) is 5.92 Å². The van der Waals surface area contributed by atoms with Gasteiger partial charge in [-0.3, -0.25) is 4.90 Å². The number of hydrogen-bond donors (Lipinski definition) is 1. The van der Waals surface area contributed by atoms with Gasteiger partial charge in [0.25, 0.3) is 0 Å². The van der Waals surface area contributed by atoms with Crippen LogP contribution in [0.2, 0.25) is 0 Å². The Morgan fingerprint density at radius 3 is 2.52 bits per heavy atom. The maximum absolute atomic E-state index is 6.04. The minimum absolute atomic E-state index is 0.324. The average Bonchev–Trinajstić information content (AvgIpc) is 3.14. The summed E-state index contributed by atoms with van der Waals surface area (Å²) in [6.45, 7) is 6.97. The SMILES string of the molecule is Cn1cncc1C(CN)N1CCC(CN2CCCC2)CC1. The minimum Gasteiger partial charge on any atom is -0.336 e. The van der Waals surface area contributed by atoms with Crippen molar-refractivity contribution in [3.63, 3.8) is 0 Å². The zero-order valence-corrected chi connectivity index (χ0v) is 13.2. The number of nitrogens with two attached hydrogens (primary N) is 1. The highest BCUT2D eigenvalue weighted by Gasteiger charge is 2.28. The second-order valence-corrected chi connectivity index (χ2v) is 6.67.